The van der Waals surface area contributed by atoms with Crippen LogP contribution in [0.1, 0.15) is 51.4 Å². The van der Waals surface area contributed by atoms with E-state index < -0.39 is 0 Å². The van der Waals surface area contributed by atoms with Gasteiger partial charge in [-0.1, -0.05) is 40.7 Å². The van der Waals surface area contributed by atoms with Gasteiger partial charge in [-0.3, -0.25) is 0 Å². The van der Waals surface area contributed by atoms with Gasteiger partial charge in [0, 0.05) is 42.0 Å². The molecule has 26 heavy (non-hydrogen) atoms. The van der Waals surface area contributed by atoms with E-state index in [0.29, 0.717) is 11.6 Å². The highest BCUT2D eigenvalue weighted by molar-refractivity contribution is 5.82. The smallest absolute Gasteiger partial charge is 0.127 e. The SMILES string of the molecule is Cn1c(C(C)(C)Cc2cnc(N)c(C(C)(C)C)c2)cc2cnc(N)cc21. The Bertz CT molecular complexity index is 960. The van der Waals surface area contributed by atoms with Crippen LogP contribution in [0.3, 0.4) is 0 Å². The van der Waals surface area contributed by atoms with Crippen molar-refractivity contribution in [3.05, 3.63) is 47.4 Å². The highest BCUT2D eigenvalue weighted by Gasteiger charge is 2.27. The second kappa shape index (κ2) is 6.01. The molecule has 0 atom stereocenters. The van der Waals surface area contributed by atoms with Crippen molar-refractivity contribution in [1.82, 2.24) is 14.5 Å². The van der Waals surface area contributed by atoms with E-state index in [-0.39, 0.29) is 10.8 Å². The van der Waals surface area contributed by atoms with Crippen molar-refractivity contribution >= 4 is 22.5 Å². The number of rotatable bonds is 3. The summed E-state index contributed by atoms with van der Waals surface area (Å²) in [5, 5.41) is 1.11. The molecule has 0 radical (unpaired) electrons. The van der Waals surface area contributed by atoms with Gasteiger partial charge in [0.05, 0.1) is 5.52 Å². The van der Waals surface area contributed by atoms with Crippen molar-refractivity contribution < 1.29 is 0 Å². The lowest BCUT2D eigenvalue weighted by Gasteiger charge is -2.27. The average molecular weight is 351 g/mol. The number of nitrogen functional groups attached to an aromatic ring is 2. The van der Waals surface area contributed by atoms with Crippen LogP contribution < -0.4 is 11.5 Å². The topological polar surface area (TPSA) is 82.8 Å². The third-order valence-electron chi connectivity index (χ3n) is 5.07. The van der Waals surface area contributed by atoms with Gasteiger partial charge in [-0.05, 0) is 29.0 Å². The Morgan fingerprint density at radius 3 is 2.31 bits per heavy atom. The van der Waals surface area contributed by atoms with Gasteiger partial charge in [-0.2, -0.15) is 0 Å². The van der Waals surface area contributed by atoms with Crippen LogP contribution in [0, 0.1) is 0 Å². The minimum atomic E-state index is -0.0739. The number of nitrogens with two attached hydrogens (primary N) is 2. The Morgan fingerprint density at radius 2 is 1.65 bits per heavy atom. The second-order valence-electron chi connectivity index (χ2n) is 8.84. The van der Waals surface area contributed by atoms with Crippen LogP contribution in [0.25, 0.3) is 10.9 Å². The molecule has 0 fully saturated rings. The minimum Gasteiger partial charge on any atom is -0.384 e. The maximum absolute atomic E-state index is 6.11. The van der Waals surface area contributed by atoms with Gasteiger partial charge in [0.25, 0.3) is 0 Å². The summed E-state index contributed by atoms with van der Waals surface area (Å²) in [6, 6.07) is 6.33. The van der Waals surface area contributed by atoms with Crippen LogP contribution in [0.5, 0.6) is 0 Å². The lowest BCUT2D eigenvalue weighted by atomic mass is 9.80. The first kappa shape index (κ1) is 18.2. The van der Waals surface area contributed by atoms with Crippen molar-refractivity contribution in [2.45, 2.75) is 51.9 Å². The standard InChI is InChI=1S/C21H29N5/c1-20(2,3)15-7-13(11-25-19(15)23)10-21(4,5)17-8-14-12-24-18(22)9-16(14)26(17)6/h7-9,11-12H,10H2,1-6H3,(H2,22,24)(H2,23,25). The number of hydrogen-bond acceptors (Lipinski definition) is 4. The van der Waals surface area contributed by atoms with E-state index in [9.17, 15) is 0 Å². The number of hydrogen-bond donors (Lipinski definition) is 2. The second-order valence-corrected chi connectivity index (χ2v) is 8.84. The number of anilines is 2. The minimum absolute atomic E-state index is 0.0277. The Labute approximate surface area is 155 Å². The lowest BCUT2D eigenvalue weighted by Crippen LogP contribution is -2.24. The predicted molar refractivity (Wildman–Crippen MR) is 109 cm³/mol. The Balaban J connectivity index is 2.01. The number of aromatic nitrogens is 3. The zero-order valence-corrected chi connectivity index (χ0v) is 16.6. The van der Waals surface area contributed by atoms with Gasteiger partial charge in [-0.15, -0.1) is 0 Å². The first-order valence-corrected chi connectivity index (χ1v) is 8.95. The Kier molecular flexibility index (Phi) is 4.21. The number of nitrogens with zero attached hydrogens (tertiary/aromatic N) is 3. The summed E-state index contributed by atoms with van der Waals surface area (Å²) >= 11 is 0. The fraction of sp³-hybridized carbons (Fsp3) is 0.429. The molecule has 0 aliphatic heterocycles. The summed E-state index contributed by atoms with van der Waals surface area (Å²) in [6.07, 6.45) is 4.61. The molecule has 0 aliphatic rings. The molecule has 0 saturated heterocycles. The van der Waals surface area contributed by atoms with Gasteiger partial charge in [0.1, 0.15) is 11.6 Å². The highest BCUT2D eigenvalue weighted by Crippen LogP contribution is 2.34. The zero-order valence-electron chi connectivity index (χ0n) is 16.6. The molecule has 0 bridgehead atoms. The van der Waals surface area contributed by atoms with Gasteiger partial charge in [0.15, 0.2) is 0 Å². The normalized spacial score (nSPS) is 12.7. The number of pyridine rings is 2. The van der Waals surface area contributed by atoms with Gasteiger partial charge >= 0.3 is 0 Å². The van der Waals surface area contributed by atoms with Gasteiger partial charge in [-0.25, -0.2) is 9.97 Å². The molecule has 3 aromatic rings. The predicted octanol–water partition coefficient (Wildman–Crippen LogP) is 3.95. The van der Waals surface area contributed by atoms with Crippen LogP contribution >= 0.6 is 0 Å². The van der Waals surface area contributed by atoms with Crippen LogP contribution in [0.4, 0.5) is 11.6 Å². The summed E-state index contributed by atoms with van der Waals surface area (Å²) in [7, 11) is 2.08. The third kappa shape index (κ3) is 3.26. The van der Waals surface area contributed by atoms with Crippen molar-refractivity contribution in [3.63, 3.8) is 0 Å². The Hall–Kier alpha value is -2.56. The number of fused-ring (bicyclic) bond motifs is 1. The van der Waals surface area contributed by atoms with E-state index in [1.807, 2.05) is 18.5 Å². The van der Waals surface area contributed by atoms with E-state index in [4.69, 9.17) is 11.5 Å². The molecule has 3 heterocycles. The van der Waals surface area contributed by atoms with E-state index in [0.717, 1.165) is 22.9 Å². The molecule has 0 aliphatic carbocycles. The molecule has 4 N–H and O–H groups in total. The molecular weight excluding hydrogens is 322 g/mol. The van der Waals surface area contributed by atoms with Crippen LogP contribution in [-0.4, -0.2) is 14.5 Å². The maximum Gasteiger partial charge on any atom is 0.127 e. The monoisotopic (exact) mass is 351 g/mol. The zero-order chi connectivity index (χ0) is 19.3. The Morgan fingerprint density at radius 1 is 0.962 bits per heavy atom. The van der Waals surface area contributed by atoms with Crippen LogP contribution in [0.15, 0.2) is 30.6 Å². The molecule has 0 spiro atoms. The molecule has 0 aromatic carbocycles. The van der Waals surface area contributed by atoms with E-state index in [2.05, 4.69) is 68.3 Å². The molecule has 0 amide bonds. The van der Waals surface area contributed by atoms with E-state index in [1.54, 1.807) is 0 Å². The first-order chi connectivity index (χ1) is 12.0. The van der Waals surface area contributed by atoms with Crippen LogP contribution in [-0.2, 0) is 24.3 Å². The quantitative estimate of drug-likeness (QED) is 0.748. The van der Waals surface area contributed by atoms with Crippen molar-refractivity contribution in [1.29, 1.82) is 0 Å². The first-order valence-electron chi connectivity index (χ1n) is 8.95. The van der Waals surface area contributed by atoms with Gasteiger partial charge < -0.3 is 16.0 Å². The third-order valence-corrected chi connectivity index (χ3v) is 5.07. The van der Waals surface area contributed by atoms with Crippen molar-refractivity contribution in [3.8, 4) is 0 Å². The van der Waals surface area contributed by atoms with Crippen molar-refractivity contribution in [2.75, 3.05) is 11.5 Å². The fourth-order valence-corrected chi connectivity index (χ4v) is 3.71. The fourth-order valence-electron chi connectivity index (χ4n) is 3.71. The lowest BCUT2D eigenvalue weighted by molar-refractivity contribution is 0.487. The summed E-state index contributed by atoms with van der Waals surface area (Å²) in [6.45, 7) is 11.0. The molecule has 0 unspecified atom stereocenters. The molecule has 5 heteroatoms. The molecule has 3 rings (SSSR count). The number of aryl methyl sites for hydroxylation is 1. The largest absolute Gasteiger partial charge is 0.384 e. The van der Waals surface area contributed by atoms with Crippen LogP contribution in [0.2, 0.25) is 0 Å². The van der Waals surface area contributed by atoms with Crippen molar-refractivity contribution in [2.24, 2.45) is 7.05 Å². The summed E-state index contributed by atoms with van der Waals surface area (Å²) in [5.41, 5.74) is 16.5. The molecule has 138 valence electrons. The van der Waals surface area contributed by atoms with E-state index in [1.165, 1.54) is 11.3 Å². The molecule has 3 aromatic heterocycles. The molecular formula is C21H29N5. The average Bonchev–Trinajstić information content (AvgIpc) is 2.85. The molecule has 0 saturated carbocycles. The summed E-state index contributed by atoms with van der Waals surface area (Å²) < 4.78 is 2.21. The summed E-state index contributed by atoms with van der Waals surface area (Å²) in [4.78, 5) is 8.66. The molecule has 5 nitrogen and oxygen atoms in total. The van der Waals surface area contributed by atoms with E-state index >= 15 is 0 Å². The highest BCUT2D eigenvalue weighted by atomic mass is 15.0. The van der Waals surface area contributed by atoms with Gasteiger partial charge in [0.2, 0.25) is 0 Å². The summed E-state index contributed by atoms with van der Waals surface area (Å²) in [5.74, 6) is 1.16. The maximum atomic E-state index is 6.11.